The van der Waals surface area contributed by atoms with Crippen LogP contribution in [-0.2, 0) is 4.79 Å². The van der Waals surface area contributed by atoms with Gasteiger partial charge in [0.1, 0.15) is 0 Å². The summed E-state index contributed by atoms with van der Waals surface area (Å²) in [4.78, 5) is 28.2. The Hall–Kier alpha value is -1.60. The predicted octanol–water partition coefficient (Wildman–Crippen LogP) is 3.28. The minimum absolute atomic E-state index is 0.0119. The number of nitrogens with zero attached hydrogens (tertiary/aromatic N) is 1. The SMILES string of the molecule is CC(C)NC(=O)N1CC[C@@](C)(O)[C@@H](NC(=O)CC(C)(C)C)[C@@H]1c1cccs1. The zero-order valence-electron chi connectivity index (χ0n) is 17.2. The molecule has 0 radical (unpaired) electrons. The summed E-state index contributed by atoms with van der Waals surface area (Å²) >= 11 is 1.53. The largest absolute Gasteiger partial charge is 0.388 e. The molecule has 1 aliphatic rings. The lowest BCUT2D eigenvalue weighted by Gasteiger charge is -2.48. The number of amides is 3. The van der Waals surface area contributed by atoms with E-state index in [1.54, 1.807) is 11.8 Å². The fraction of sp³-hybridized carbons (Fsp3) is 0.700. The molecule has 0 saturated carbocycles. The van der Waals surface area contributed by atoms with Gasteiger partial charge < -0.3 is 20.6 Å². The van der Waals surface area contributed by atoms with Crippen molar-refractivity contribution in [3.8, 4) is 0 Å². The Morgan fingerprint density at radius 1 is 1.41 bits per heavy atom. The van der Waals surface area contributed by atoms with Gasteiger partial charge in [0.25, 0.3) is 0 Å². The van der Waals surface area contributed by atoms with Crippen LogP contribution in [0.3, 0.4) is 0 Å². The Balaban J connectivity index is 2.35. The fourth-order valence-corrected chi connectivity index (χ4v) is 4.31. The van der Waals surface area contributed by atoms with Gasteiger partial charge in [0.2, 0.25) is 5.91 Å². The van der Waals surface area contributed by atoms with Gasteiger partial charge in [0, 0.05) is 23.9 Å². The van der Waals surface area contributed by atoms with Crippen LogP contribution in [0.4, 0.5) is 4.79 Å². The van der Waals surface area contributed by atoms with E-state index in [2.05, 4.69) is 10.6 Å². The second-order valence-corrected chi connectivity index (χ2v) is 10.1. The third-order valence-corrected chi connectivity index (χ3v) is 5.64. The first-order valence-corrected chi connectivity index (χ1v) is 10.4. The smallest absolute Gasteiger partial charge is 0.318 e. The molecule has 0 unspecified atom stereocenters. The number of aliphatic hydroxyl groups is 1. The van der Waals surface area contributed by atoms with Crippen LogP contribution in [0.2, 0.25) is 0 Å². The summed E-state index contributed by atoms with van der Waals surface area (Å²) in [5.41, 5.74) is -1.26. The molecular weight excluding hydrogens is 362 g/mol. The van der Waals surface area contributed by atoms with Crippen LogP contribution in [0.15, 0.2) is 17.5 Å². The third-order valence-electron chi connectivity index (χ3n) is 4.70. The maximum Gasteiger partial charge on any atom is 0.318 e. The Morgan fingerprint density at radius 3 is 2.59 bits per heavy atom. The van der Waals surface area contributed by atoms with Gasteiger partial charge >= 0.3 is 6.03 Å². The molecule has 3 N–H and O–H groups in total. The van der Waals surface area contributed by atoms with Crippen LogP contribution in [-0.4, -0.2) is 46.2 Å². The van der Waals surface area contributed by atoms with E-state index in [1.807, 2.05) is 52.1 Å². The molecule has 7 heteroatoms. The second kappa shape index (κ2) is 8.19. The van der Waals surface area contributed by atoms with Crippen LogP contribution in [0, 0.1) is 5.41 Å². The molecule has 2 rings (SSSR count). The molecule has 0 bridgehead atoms. The van der Waals surface area contributed by atoms with Crippen LogP contribution in [0.5, 0.6) is 0 Å². The lowest BCUT2D eigenvalue weighted by atomic mass is 9.81. The molecule has 3 atom stereocenters. The number of nitrogens with one attached hydrogen (secondary N) is 2. The van der Waals surface area contributed by atoms with E-state index < -0.39 is 17.7 Å². The van der Waals surface area contributed by atoms with Crippen molar-refractivity contribution < 1.29 is 14.7 Å². The Labute approximate surface area is 166 Å². The van der Waals surface area contributed by atoms with Crippen molar-refractivity contribution in [1.82, 2.24) is 15.5 Å². The summed E-state index contributed by atoms with van der Waals surface area (Å²) in [7, 11) is 0. The molecule has 0 aliphatic carbocycles. The van der Waals surface area contributed by atoms with Crippen molar-refractivity contribution in [3.63, 3.8) is 0 Å². The van der Waals surface area contributed by atoms with E-state index in [0.29, 0.717) is 19.4 Å². The van der Waals surface area contributed by atoms with Crippen molar-refractivity contribution in [2.45, 2.75) is 78.1 Å². The molecule has 27 heavy (non-hydrogen) atoms. The normalized spacial score (nSPS) is 26.1. The van der Waals surface area contributed by atoms with Gasteiger partial charge in [-0.15, -0.1) is 11.3 Å². The standard InChI is InChI=1S/C20H33N3O3S/c1-13(2)21-18(25)23-10-9-20(6,26)17(16(23)14-8-7-11-27-14)22-15(24)12-19(3,4)5/h7-8,11,13,16-17,26H,9-10,12H2,1-6H3,(H,21,25)(H,22,24)/t16-,17-,20+/m0/s1. The summed E-state index contributed by atoms with van der Waals surface area (Å²) in [6, 6.07) is 2.74. The highest BCUT2D eigenvalue weighted by Gasteiger charge is 2.48. The first kappa shape index (κ1) is 21.7. The number of urea groups is 1. The monoisotopic (exact) mass is 395 g/mol. The third kappa shape index (κ3) is 5.69. The molecule has 6 nitrogen and oxygen atoms in total. The van der Waals surface area contributed by atoms with Crippen LogP contribution >= 0.6 is 11.3 Å². The van der Waals surface area contributed by atoms with Gasteiger partial charge in [0.05, 0.1) is 17.7 Å². The van der Waals surface area contributed by atoms with Gasteiger partial charge in [-0.05, 0) is 44.1 Å². The first-order chi connectivity index (χ1) is 12.4. The van der Waals surface area contributed by atoms with E-state index >= 15 is 0 Å². The van der Waals surface area contributed by atoms with Gasteiger partial charge in [-0.2, -0.15) is 0 Å². The lowest BCUT2D eigenvalue weighted by molar-refractivity contribution is -0.129. The van der Waals surface area contributed by atoms with Gasteiger partial charge in [0.15, 0.2) is 0 Å². The second-order valence-electron chi connectivity index (χ2n) is 9.15. The van der Waals surface area contributed by atoms with E-state index in [0.717, 1.165) is 4.88 Å². The minimum Gasteiger partial charge on any atom is -0.388 e. The van der Waals surface area contributed by atoms with Crippen molar-refractivity contribution in [3.05, 3.63) is 22.4 Å². The molecule has 1 aliphatic heterocycles. The van der Waals surface area contributed by atoms with E-state index in [4.69, 9.17) is 0 Å². The summed E-state index contributed by atoms with van der Waals surface area (Å²) in [6.07, 6.45) is 0.760. The van der Waals surface area contributed by atoms with Crippen LogP contribution in [0.1, 0.15) is 65.3 Å². The maximum absolute atomic E-state index is 12.8. The number of hydrogen-bond donors (Lipinski definition) is 3. The van der Waals surface area contributed by atoms with Crippen LogP contribution < -0.4 is 10.6 Å². The van der Waals surface area contributed by atoms with Crippen molar-refractivity contribution in [2.24, 2.45) is 5.41 Å². The van der Waals surface area contributed by atoms with Crippen LogP contribution in [0.25, 0.3) is 0 Å². The van der Waals surface area contributed by atoms with Gasteiger partial charge in [-0.1, -0.05) is 26.8 Å². The van der Waals surface area contributed by atoms with E-state index in [1.165, 1.54) is 11.3 Å². The number of thiophene rings is 1. The predicted molar refractivity (Wildman–Crippen MR) is 109 cm³/mol. The zero-order chi connectivity index (χ0) is 20.4. The van der Waals surface area contributed by atoms with Gasteiger partial charge in [-0.25, -0.2) is 4.79 Å². The lowest BCUT2D eigenvalue weighted by Crippen LogP contribution is -2.64. The molecule has 152 valence electrons. The number of piperidine rings is 1. The van der Waals surface area contributed by atoms with E-state index in [9.17, 15) is 14.7 Å². The highest BCUT2D eigenvalue weighted by Crippen LogP contribution is 2.39. The molecule has 2 heterocycles. The number of rotatable bonds is 4. The molecule has 1 aromatic heterocycles. The number of hydrogen-bond acceptors (Lipinski definition) is 4. The average Bonchev–Trinajstić information content (AvgIpc) is 3.00. The molecular formula is C20H33N3O3S. The maximum atomic E-state index is 12.8. The summed E-state index contributed by atoms with van der Waals surface area (Å²) in [5.74, 6) is -0.111. The van der Waals surface area contributed by atoms with Crippen molar-refractivity contribution in [1.29, 1.82) is 0 Å². The summed E-state index contributed by atoms with van der Waals surface area (Å²) in [6.45, 7) is 12.0. The number of carbonyl (C=O) groups excluding carboxylic acids is 2. The summed E-state index contributed by atoms with van der Waals surface area (Å²) < 4.78 is 0. The average molecular weight is 396 g/mol. The Morgan fingerprint density at radius 2 is 2.07 bits per heavy atom. The number of likely N-dealkylation sites (tertiary alicyclic amines) is 1. The molecule has 0 spiro atoms. The molecule has 1 aromatic rings. The number of carbonyl (C=O) groups is 2. The van der Waals surface area contributed by atoms with E-state index in [-0.39, 0.29) is 23.4 Å². The molecule has 1 fully saturated rings. The Bertz CT molecular complexity index is 650. The molecule has 0 aromatic carbocycles. The highest BCUT2D eigenvalue weighted by atomic mass is 32.1. The topological polar surface area (TPSA) is 81.7 Å². The fourth-order valence-electron chi connectivity index (χ4n) is 3.44. The van der Waals surface area contributed by atoms with Crippen molar-refractivity contribution in [2.75, 3.05) is 6.54 Å². The minimum atomic E-state index is -1.10. The van der Waals surface area contributed by atoms with Crippen molar-refractivity contribution >= 4 is 23.3 Å². The Kier molecular flexibility index (Phi) is 6.58. The molecule has 1 saturated heterocycles. The van der Waals surface area contributed by atoms with Gasteiger partial charge in [-0.3, -0.25) is 4.79 Å². The zero-order valence-corrected chi connectivity index (χ0v) is 18.0. The molecule has 3 amide bonds. The quantitative estimate of drug-likeness (QED) is 0.732. The summed E-state index contributed by atoms with van der Waals surface area (Å²) in [5, 5.41) is 19.0. The first-order valence-electron chi connectivity index (χ1n) is 9.53. The highest BCUT2D eigenvalue weighted by molar-refractivity contribution is 7.10.